The molecule has 0 radical (unpaired) electrons. The van der Waals surface area contributed by atoms with E-state index in [1.165, 1.54) is 0 Å². The van der Waals surface area contributed by atoms with Crippen LogP contribution >= 0.6 is 46.7 Å². The lowest BCUT2D eigenvalue weighted by Gasteiger charge is -2.17. The third-order valence-electron chi connectivity index (χ3n) is 3.16. The van der Waals surface area contributed by atoms with Gasteiger partial charge in [0.25, 0.3) is 0 Å². The Morgan fingerprint density at radius 3 is 2.95 bits per heavy atom. The molecule has 1 saturated heterocycles. The first kappa shape index (κ1) is 15.8. The Labute approximate surface area is 147 Å². The molecule has 3 rings (SSSR count). The topological polar surface area (TPSA) is 39.4 Å². The van der Waals surface area contributed by atoms with Crippen LogP contribution in [0.15, 0.2) is 45.4 Å². The lowest BCUT2D eigenvalue weighted by atomic mass is 10.2. The summed E-state index contributed by atoms with van der Waals surface area (Å²) in [4.78, 5) is 5.94. The summed E-state index contributed by atoms with van der Waals surface area (Å²) in [5.41, 5.74) is 1.67. The highest BCUT2D eigenvalue weighted by atomic mass is 35.5. The van der Waals surface area contributed by atoms with Gasteiger partial charge in [-0.05, 0) is 23.8 Å². The van der Waals surface area contributed by atoms with Crippen molar-refractivity contribution in [2.24, 2.45) is 4.99 Å². The van der Waals surface area contributed by atoms with Gasteiger partial charge in [0.15, 0.2) is 0 Å². The minimum Gasteiger partial charge on any atom is -0.298 e. The number of benzene rings is 1. The number of nitrogens with zero attached hydrogens (tertiary/aromatic N) is 3. The van der Waals surface area contributed by atoms with Crippen LogP contribution in [-0.4, -0.2) is 23.5 Å². The zero-order chi connectivity index (χ0) is 15.5. The van der Waals surface area contributed by atoms with Crippen molar-refractivity contribution in [1.82, 2.24) is 4.90 Å². The zero-order valence-corrected chi connectivity index (χ0v) is 14.5. The van der Waals surface area contributed by atoms with Gasteiger partial charge in [-0.25, -0.2) is 0 Å². The first-order valence-corrected chi connectivity index (χ1v) is 9.15. The van der Waals surface area contributed by atoms with Crippen LogP contribution < -0.4 is 0 Å². The molecule has 1 aromatic carbocycles. The lowest BCUT2D eigenvalue weighted by Crippen LogP contribution is -2.16. The van der Waals surface area contributed by atoms with Crippen LogP contribution in [-0.2, 0) is 0 Å². The van der Waals surface area contributed by atoms with Crippen molar-refractivity contribution in [2.45, 2.75) is 5.25 Å². The molecule has 0 amide bonds. The molecule has 22 heavy (non-hydrogen) atoms. The van der Waals surface area contributed by atoms with Crippen molar-refractivity contribution in [3.05, 3.63) is 56.0 Å². The van der Waals surface area contributed by atoms with Crippen molar-refractivity contribution < 1.29 is 0 Å². The summed E-state index contributed by atoms with van der Waals surface area (Å²) in [6.45, 7) is 0.661. The maximum Gasteiger partial charge on any atom is 0.145 e. The number of aliphatic imine (C=N–C) groups is 1. The van der Waals surface area contributed by atoms with Crippen LogP contribution in [0.2, 0.25) is 10.0 Å². The van der Waals surface area contributed by atoms with E-state index in [2.05, 4.69) is 11.1 Å². The second kappa shape index (κ2) is 7.01. The van der Waals surface area contributed by atoms with Crippen LogP contribution in [0.1, 0.15) is 10.8 Å². The molecule has 0 unspecified atom stereocenters. The van der Waals surface area contributed by atoms with Crippen LogP contribution in [0.25, 0.3) is 0 Å². The van der Waals surface area contributed by atoms with E-state index in [0.29, 0.717) is 22.3 Å². The van der Waals surface area contributed by atoms with Crippen molar-refractivity contribution >= 4 is 53.1 Å². The Morgan fingerprint density at radius 1 is 1.41 bits per heavy atom. The molecule has 1 aromatic rings. The smallest absolute Gasteiger partial charge is 0.145 e. The molecule has 7 heteroatoms. The molecule has 0 saturated carbocycles. The van der Waals surface area contributed by atoms with E-state index in [4.69, 9.17) is 23.2 Å². The molecule has 2 heterocycles. The molecule has 0 N–H and O–H groups in total. The molecule has 112 valence electrons. The third kappa shape index (κ3) is 3.31. The van der Waals surface area contributed by atoms with E-state index in [9.17, 15) is 5.26 Å². The van der Waals surface area contributed by atoms with Crippen LogP contribution in [0, 0.1) is 11.3 Å². The predicted octanol–water partition coefficient (Wildman–Crippen LogP) is 5.06. The van der Waals surface area contributed by atoms with E-state index >= 15 is 0 Å². The van der Waals surface area contributed by atoms with Gasteiger partial charge in [0.1, 0.15) is 11.8 Å². The van der Waals surface area contributed by atoms with Gasteiger partial charge in [-0.1, -0.05) is 29.3 Å². The van der Waals surface area contributed by atoms with Crippen LogP contribution in [0.4, 0.5) is 0 Å². The molecule has 0 bridgehead atoms. The lowest BCUT2D eigenvalue weighted by molar-refractivity contribution is 0.721. The normalized spacial score (nSPS) is 22.8. The average Bonchev–Trinajstić information content (AvgIpc) is 2.98. The van der Waals surface area contributed by atoms with Gasteiger partial charge in [0, 0.05) is 27.2 Å². The van der Waals surface area contributed by atoms with E-state index in [1.807, 2.05) is 24.4 Å². The molecule has 2 aliphatic rings. The average molecular weight is 368 g/mol. The fourth-order valence-corrected chi connectivity index (χ4v) is 5.65. The van der Waals surface area contributed by atoms with Crippen molar-refractivity contribution in [2.75, 3.05) is 12.3 Å². The van der Waals surface area contributed by atoms with Crippen LogP contribution in [0.5, 0.6) is 0 Å². The minimum atomic E-state index is 0.221. The largest absolute Gasteiger partial charge is 0.298 e. The van der Waals surface area contributed by atoms with Gasteiger partial charge in [0.2, 0.25) is 0 Å². The summed E-state index contributed by atoms with van der Waals surface area (Å²) in [7, 11) is 0. The van der Waals surface area contributed by atoms with Gasteiger partial charge in [-0.15, -0.1) is 23.5 Å². The molecule has 0 spiro atoms. The number of hydrogen-bond acceptors (Lipinski definition) is 5. The maximum atomic E-state index is 9.47. The molecular formula is C15H11Cl2N3S2. The Hall–Kier alpha value is -1.06. The van der Waals surface area contributed by atoms with Gasteiger partial charge in [-0.2, -0.15) is 5.26 Å². The maximum absolute atomic E-state index is 9.47. The van der Waals surface area contributed by atoms with E-state index < -0.39 is 0 Å². The van der Waals surface area contributed by atoms with E-state index in [1.54, 1.807) is 40.8 Å². The Kier molecular flexibility index (Phi) is 5.04. The Morgan fingerprint density at radius 2 is 2.27 bits per heavy atom. The highest BCUT2D eigenvalue weighted by Gasteiger charge is 2.28. The van der Waals surface area contributed by atoms with Crippen molar-refractivity contribution in [3.8, 4) is 6.07 Å². The second-order valence-corrected chi connectivity index (χ2v) is 7.95. The fourth-order valence-electron chi connectivity index (χ4n) is 2.12. The number of rotatable bonds is 2. The molecule has 0 aliphatic carbocycles. The summed E-state index contributed by atoms with van der Waals surface area (Å²) in [6, 6.07) is 7.84. The van der Waals surface area contributed by atoms with Crippen molar-refractivity contribution in [3.63, 3.8) is 0 Å². The minimum absolute atomic E-state index is 0.221. The SMILES string of the molecule is N#C/C(=C1/SC[C@@H](c2ccc(Cl)cc2Cl)S1)N1C=CCN=C1. The van der Waals surface area contributed by atoms with Gasteiger partial charge in [0.05, 0.1) is 17.1 Å². The quantitative estimate of drug-likeness (QED) is 0.684. The molecule has 3 nitrogen and oxygen atoms in total. The number of halogens is 2. The second-order valence-electron chi connectivity index (χ2n) is 4.60. The Bertz CT molecular complexity index is 710. The summed E-state index contributed by atoms with van der Waals surface area (Å²) < 4.78 is 0.997. The Balaban J connectivity index is 1.85. The van der Waals surface area contributed by atoms with Gasteiger partial charge in [-0.3, -0.25) is 9.89 Å². The number of allylic oxidation sites excluding steroid dienone is 1. The summed E-state index contributed by atoms with van der Waals surface area (Å²) in [5.74, 6) is 0.876. The fraction of sp³-hybridized carbons (Fsp3) is 0.200. The molecule has 1 atom stereocenters. The predicted molar refractivity (Wildman–Crippen MR) is 96.2 cm³/mol. The molecule has 2 aliphatic heterocycles. The molecular weight excluding hydrogens is 357 g/mol. The molecule has 0 aromatic heterocycles. The van der Waals surface area contributed by atoms with Gasteiger partial charge < -0.3 is 0 Å². The molecule has 1 fully saturated rings. The van der Waals surface area contributed by atoms with E-state index in [0.717, 1.165) is 15.6 Å². The summed E-state index contributed by atoms with van der Waals surface area (Å²) in [6.07, 6.45) is 5.49. The third-order valence-corrected chi connectivity index (χ3v) is 6.65. The van der Waals surface area contributed by atoms with Crippen LogP contribution in [0.3, 0.4) is 0 Å². The monoisotopic (exact) mass is 367 g/mol. The number of nitriles is 1. The summed E-state index contributed by atoms with van der Waals surface area (Å²) in [5, 5.41) is 11.0. The first-order chi connectivity index (χ1) is 10.7. The van der Waals surface area contributed by atoms with E-state index in [-0.39, 0.29) is 5.25 Å². The standard InChI is InChI=1S/C15H11Cl2N3S2/c16-10-2-3-11(12(17)6-10)14-8-21-15(22-14)13(7-18)20-5-1-4-19-9-20/h1-3,5-6,9,14H,4,8H2/b15-13+/t14-/m0/s1. The van der Waals surface area contributed by atoms with Crippen molar-refractivity contribution in [1.29, 1.82) is 5.26 Å². The highest BCUT2D eigenvalue weighted by molar-refractivity contribution is 8.25. The highest BCUT2D eigenvalue weighted by Crippen LogP contribution is 2.53. The first-order valence-electron chi connectivity index (χ1n) is 6.53. The van der Waals surface area contributed by atoms with Gasteiger partial charge >= 0.3 is 0 Å². The summed E-state index contributed by atoms with van der Waals surface area (Å²) >= 11 is 15.6. The number of hydrogen-bond donors (Lipinski definition) is 0. The zero-order valence-electron chi connectivity index (χ0n) is 11.4. The number of thioether (sulfide) groups is 2.